The number of hydrogen-bond donors (Lipinski definition) is 0. The lowest BCUT2D eigenvalue weighted by molar-refractivity contribution is 0.0780. The van der Waals surface area contributed by atoms with Gasteiger partial charge in [-0.05, 0) is 53.9 Å². The van der Waals surface area contributed by atoms with Gasteiger partial charge >= 0.3 is 0 Å². The third kappa shape index (κ3) is 3.25. The molecule has 0 spiro atoms. The molecule has 1 aromatic carbocycles. The number of nitrogens with zero attached hydrogens (tertiary/aromatic N) is 4. The first-order valence-electron chi connectivity index (χ1n) is 9.73. The Labute approximate surface area is 169 Å². The number of fused-ring (bicyclic) bond motifs is 2. The van der Waals surface area contributed by atoms with Crippen molar-refractivity contribution in [1.29, 1.82) is 0 Å². The molecule has 142 valence electrons. The summed E-state index contributed by atoms with van der Waals surface area (Å²) in [5.41, 5.74) is 6.65. The number of aryl methyl sites for hydroxylation is 1. The third-order valence-electron chi connectivity index (χ3n) is 5.41. The second-order valence-electron chi connectivity index (χ2n) is 7.39. The minimum Gasteiger partial charge on any atom is -0.332 e. The van der Waals surface area contributed by atoms with E-state index in [2.05, 4.69) is 41.2 Å². The molecule has 0 saturated heterocycles. The maximum atomic E-state index is 13.1. The molecule has 0 N–H and O–H groups in total. The Morgan fingerprint density at radius 1 is 1.00 bits per heavy atom. The van der Waals surface area contributed by atoms with Crippen LogP contribution in [0.15, 0.2) is 67.1 Å². The molecule has 5 rings (SSSR count). The second-order valence-corrected chi connectivity index (χ2v) is 7.39. The molecule has 5 nitrogen and oxygen atoms in total. The zero-order valence-corrected chi connectivity index (χ0v) is 16.2. The first-order chi connectivity index (χ1) is 14.2. The minimum absolute atomic E-state index is 0.0385. The van der Waals surface area contributed by atoms with Crippen LogP contribution in [0.2, 0.25) is 0 Å². The lowest BCUT2D eigenvalue weighted by atomic mass is 10.0. The summed E-state index contributed by atoms with van der Waals surface area (Å²) in [4.78, 5) is 28.3. The molecular weight excluding hydrogens is 360 g/mol. The van der Waals surface area contributed by atoms with Crippen LogP contribution in [0.5, 0.6) is 0 Å². The molecule has 0 fully saturated rings. The Morgan fingerprint density at radius 2 is 1.83 bits per heavy atom. The van der Waals surface area contributed by atoms with Crippen LogP contribution in [-0.4, -0.2) is 32.3 Å². The third-order valence-corrected chi connectivity index (χ3v) is 5.41. The Bertz CT molecular complexity index is 1220. The van der Waals surface area contributed by atoms with E-state index in [-0.39, 0.29) is 5.91 Å². The monoisotopic (exact) mass is 380 g/mol. The van der Waals surface area contributed by atoms with Gasteiger partial charge in [0.2, 0.25) is 0 Å². The molecule has 29 heavy (non-hydrogen) atoms. The van der Waals surface area contributed by atoms with Gasteiger partial charge in [0, 0.05) is 42.6 Å². The van der Waals surface area contributed by atoms with Crippen molar-refractivity contribution in [3.63, 3.8) is 0 Å². The topological polar surface area (TPSA) is 59.0 Å². The summed E-state index contributed by atoms with van der Waals surface area (Å²) in [6.07, 6.45) is 5.98. The lowest BCUT2D eigenvalue weighted by Crippen LogP contribution is -2.26. The Kier molecular flexibility index (Phi) is 4.28. The highest BCUT2D eigenvalue weighted by Gasteiger charge is 2.31. The fraction of sp³-hybridized carbons (Fsp3) is 0.167. The molecule has 0 unspecified atom stereocenters. The number of aromatic nitrogens is 3. The molecule has 0 radical (unpaired) electrons. The van der Waals surface area contributed by atoms with Crippen molar-refractivity contribution >= 4 is 16.8 Å². The molecule has 0 saturated carbocycles. The van der Waals surface area contributed by atoms with Crippen molar-refractivity contribution in [2.45, 2.75) is 19.9 Å². The highest BCUT2D eigenvalue weighted by Crippen LogP contribution is 2.31. The summed E-state index contributed by atoms with van der Waals surface area (Å²) in [7, 11) is 0. The standard InChI is InChI=1S/C24H20N4O/c1-16-2-3-18-4-5-19(27-21(18)14-16)9-13-28-15-22-23(24(28)29)20(8-12-26-22)17-6-10-25-11-7-17/h2-8,10-12,14H,9,13,15H2,1H3. The number of carbonyl (C=O) groups is 1. The van der Waals surface area contributed by atoms with E-state index in [4.69, 9.17) is 4.98 Å². The molecule has 4 aromatic rings. The van der Waals surface area contributed by atoms with Gasteiger partial charge in [0.1, 0.15) is 0 Å². The number of rotatable bonds is 4. The van der Waals surface area contributed by atoms with E-state index < -0.39 is 0 Å². The smallest absolute Gasteiger partial charge is 0.256 e. The normalized spacial score (nSPS) is 13.1. The van der Waals surface area contributed by atoms with E-state index in [0.717, 1.165) is 33.4 Å². The predicted octanol–water partition coefficient (Wildman–Crippen LogP) is 4.20. The maximum absolute atomic E-state index is 13.1. The Hall–Kier alpha value is -3.60. The SMILES string of the molecule is Cc1ccc2ccc(CCN3Cc4nccc(-c5ccncc5)c4C3=O)nc2c1. The van der Waals surface area contributed by atoms with Gasteiger partial charge in [-0.15, -0.1) is 0 Å². The summed E-state index contributed by atoms with van der Waals surface area (Å²) in [5.74, 6) is 0.0385. The highest BCUT2D eigenvalue weighted by atomic mass is 16.2. The molecule has 0 atom stereocenters. The molecule has 1 aliphatic rings. The van der Waals surface area contributed by atoms with Crippen LogP contribution in [0.25, 0.3) is 22.0 Å². The number of carbonyl (C=O) groups excluding carboxylic acids is 1. The number of pyridine rings is 3. The van der Waals surface area contributed by atoms with Crippen LogP contribution in [-0.2, 0) is 13.0 Å². The van der Waals surface area contributed by atoms with E-state index in [1.54, 1.807) is 18.6 Å². The van der Waals surface area contributed by atoms with Gasteiger partial charge in [0.05, 0.1) is 23.3 Å². The highest BCUT2D eigenvalue weighted by molar-refractivity contribution is 6.04. The molecule has 1 amide bonds. The lowest BCUT2D eigenvalue weighted by Gasteiger charge is -2.15. The average molecular weight is 380 g/mol. The number of hydrogen-bond acceptors (Lipinski definition) is 4. The number of amides is 1. The summed E-state index contributed by atoms with van der Waals surface area (Å²) in [6.45, 7) is 3.23. The first-order valence-corrected chi connectivity index (χ1v) is 9.73. The molecule has 0 bridgehead atoms. The summed E-state index contributed by atoms with van der Waals surface area (Å²) in [5, 5.41) is 1.13. The van der Waals surface area contributed by atoms with Crippen molar-refractivity contribution in [3.8, 4) is 11.1 Å². The Morgan fingerprint density at radius 3 is 2.69 bits per heavy atom. The van der Waals surface area contributed by atoms with Gasteiger partial charge in [-0.2, -0.15) is 0 Å². The fourth-order valence-corrected chi connectivity index (χ4v) is 3.89. The van der Waals surface area contributed by atoms with Crippen LogP contribution in [0.1, 0.15) is 27.3 Å². The predicted molar refractivity (Wildman–Crippen MR) is 112 cm³/mol. The molecule has 5 heteroatoms. The van der Waals surface area contributed by atoms with E-state index >= 15 is 0 Å². The number of benzene rings is 1. The average Bonchev–Trinajstić information content (AvgIpc) is 3.08. The van der Waals surface area contributed by atoms with E-state index in [9.17, 15) is 4.79 Å². The van der Waals surface area contributed by atoms with Gasteiger partial charge in [-0.25, -0.2) is 0 Å². The summed E-state index contributed by atoms with van der Waals surface area (Å²) in [6, 6.07) is 16.2. The zero-order chi connectivity index (χ0) is 19.8. The Balaban J connectivity index is 1.37. The van der Waals surface area contributed by atoms with Gasteiger partial charge in [0.25, 0.3) is 5.91 Å². The van der Waals surface area contributed by atoms with Gasteiger partial charge < -0.3 is 4.90 Å². The fourth-order valence-electron chi connectivity index (χ4n) is 3.89. The van der Waals surface area contributed by atoms with Crippen LogP contribution >= 0.6 is 0 Å². The van der Waals surface area contributed by atoms with Crippen LogP contribution in [0.4, 0.5) is 0 Å². The van der Waals surface area contributed by atoms with Crippen molar-refractivity contribution in [2.24, 2.45) is 0 Å². The summed E-state index contributed by atoms with van der Waals surface area (Å²) >= 11 is 0. The molecule has 0 aliphatic carbocycles. The van der Waals surface area contributed by atoms with Crippen molar-refractivity contribution in [3.05, 3.63) is 89.6 Å². The largest absolute Gasteiger partial charge is 0.332 e. The van der Waals surface area contributed by atoms with E-state index in [1.165, 1.54) is 5.56 Å². The molecule has 3 aromatic heterocycles. The van der Waals surface area contributed by atoms with Gasteiger partial charge in [-0.3, -0.25) is 19.7 Å². The summed E-state index contributed by atoms with van der Waals surface area (Å²) < 4.78 is 0. The van der Waals surface area contributed by atoms with Crippen LogP contribution < -0.4 is 0 Å². The zero-order valence-electron chi connectivity index (χ0n) is 16.2. The molecule has 1 aliphatic heterocycles. The van der Waals surface area contributed by atoms with E-state index in [1.807, 2.05) is 29.2 Å². The van der Waals surface area contributed by atoms with Crippen molar-refractivity contribution < 1.29 is 4.79 Å². The van der Waals surface area contributed by atoms with Gasteiger partial charge in [0.15, 0.2) is 0 Å². The molecule has 4 heterocycles. The molecular formula is C24H20N4O. The van der Waals surface area contributed by atoms with Gasteiger partial charge in [-0.1, -0.05) is 18.2 Å². The van der Waals surface area contributed by atoms with Crippen LogP contribution in [0.3, 0.4) is 0 Å². The maximum Gasteiger partial charge on any atom is 0.256 e. The van der Waals surface area contributed by atoms with E-state index in [0.29, 0.717) is 25.1 Å². The van der Waals surface area contributed by atoms with Crippen LogP contribution in [0, 0.1) is 6.92 Å². The first kappa shape index (κ1) is 17.5. The quantitative estimate of drug-likeness (QED) is 0.532. The van der Waals surface area contributed by atoms with Crippen molar-refractivity contribution in [1.82, 2.24) is 19.9 Å². The second kappa shape index (κ2) is 7.09. The minimum atomic E-state index is 0.0385. The van der Waals surface area contributed by atoms with Crippen molar-refractivity contribution in [2.75, 3.05) is 6.54 Å².